The zero-order valence-electron chi connectivity index (χ0n) is 10.7. The summed E-state index contributed by atoms with van der Waals surface area (Å²) in [4.78, 5) is 32.6. The summed E-state index contributed by atoms with van der Waals surface area (Å²) in [7, 11) is 1.25. The SMILES string of the molecule is COC(=O)CCCNC(=O)c1cc(F)ccc1[N+](=O)[O-]. The average Bonchev–Trinajstić information content (AvgIpc) is 2.42. The molecular weight excluding hydrogens is 271 g/mol. The van der Waals surface area contributed by atoms with Crippen LogP contribution in [0.4, 0.5) is 10.1 Å². The molecule has 0 heterocycles. The summed E-state index contributed by atoms with van der Waals surface area (Å²) in [6.07, 6.45) is 0.434. The van der Waals surface area contributed by atoms with E-state index in [1.54, 1.807) is 0 Å². The molecule has 20 heavy (non-hydrogen) atoms. The highest BCUT2D eigenvalue weighted by molar-refractivity contribution is 5.98. The monoisotopic (exact) mass is 284 g/mol. The minimum Gasteiger partial charge on any atom is -0.469 e. The maximum Gasteiger partial charge on any atom is 0.305 e. The van der Waals surface area contributed by atoms with Crippen molar-refractivity contribution < 1.29 is 23.6 Å². The molecule has 7 nitrogen and oxygen atoms in total. The van der Waals surface area contributed by atoms with Crippen molar-refractivity contribution in [2.45, 2.75) is 12.8 Å². The molecule has 0 radical (unpaired) electrons. The fraction of sp³-hybridized carbons (Fsp3) is 0.333. The van der Waals surface area contributed by atoms with Gasteiger partial charge in [0.1, 0.15) is 11.4 Å². The van der Waals surface area contributed by atoms with E-state index in [9.17, 15) is 24.1 Å². The van der Waals surface area contributed by atoms with Gasteiger partial charge in [-0.1, -0.05) is 0 Å². The van der Waals surface area contributed by atoms with Crippen LogP contribution in [-0.2, 0) is 9.53 Å². The Bertz CT molecular complexity index is 533. The van der Waals surface area contributed by atoms with Crippen molar-refractivity contribution >= 4 is 17.6 Å². The van der Waals surface area contributed by atoms with Gasteiger partial charge in [-0.15, -0.1) is 0 Å². The Labute approximate surface area is 113 Å². The predicted molar refractivity (Wildman–Crippen MR) is 66.6 cm³/mol. The molecule has 0 saturated heterocycles. The van der Waals surface area contributed by atoms with Crippen LogP contribution in [0.25, 0.3) is 0 Å². The van der Waals surface area contributed by atoms with Crippen LogP contribution in [0.1, 0.15) is 23.2 Å². The molecule has 0 aliphatic rings. The third-order valence-electron chi connectivity index (χ3n) is 2.47. The zero-order valence-corrected chi connectivity index (χ0v) is 10.7. The largest absolute Gasteiger partial charge is 0.469 e. The van der Waals surface area contributed by atoms with Crippen molar-refractivity contribution in [1.29, 1.82) is 0 Å². The van der Waals surface area contributed by atoms with Crippen molar-refractivity contribution in [3.63, 3.8) is 0 Å². The van der Waals surface area contributed by atoms with Gasteiger partial charge in [0.2, 0.25) is 0 Å². The van der Waals surface area contributed by atoms with Gasteiger partial charge in [-0.3, -0.25) is 19.7 Å². The smallest absolute Gasteiger partial charge is 0.305 e. The van der Waals surface area contributed by atoms with E-state index in [0.29, 0.717) is 6.42 Å². The van der Waals surface area contributed by atoms with Gasteiger partial charge in [-0.25, -0.2) is 4.39 Å². The molecule has 1 amide bonds. The lowest BCUT2D eigenvalue weighted by atomic mass is 10.1. The third kappa shape index (κ3) is 4.30. The van der Waals surface area contributed by atoms with Crippen LogP contribution in [0.2, 0.25) is 0 Å². The van der Waals surface area contributed by atoms with Crippen LogP contribution in [0.5, 0.6) is 0 Å². The second kappa shape index (κ2) is 7.17. The fourth-order valence-electron chi connectivity index (χ4n) is 1.48. The molecule has 0 aliphatic carbocycles. The van der Waals surface area contributed by atoms with Gasteiger partial charge in [0, 0.05) is 19.0 Å². The van der Waals surface area contributed by atoms with E-state index < -0.39 is 28.3 Å². The molecular formula is C12H13FN2O5. The molecule has 1 aromatic carbocycles. The standard InChI is InChI=1S/C12H13FN2O5/c1-20-11(16)3-2-6-14-12(17)9-7-8(13)4-5-10(9)15(18)19/h4-5,7H,2-3,6H2,1H3,(H,14,17). The topological polar surface area (TPSA) is 98.5 Å². The highest BCUT2D eigenvalue weighted by Crippen LogP contribution is 2.19. The molecule has 0 aliphatic heterocycles. The summed E-state index contributed by atoms with van der Waals surface area (Å²) in [5.41, 5.74) is -0.829. The molecule has 0 fully saturated rings. The first-order chi connectivity index (χ1) is 9.45. The van der Waals surface area contributed by atoms with Crippen molar-refractivity contribution in [2.24, 2.45) is 0 Å². The summed E-state index contributed by atoms with van der Waals surface area (Å²) in [5.74, 6) is -1.92. The Morgan fingerprint density at radius 3 is 2.75 bits per heavy atom. The van der Waals surface area contributed by atoms with Crippen LogP contribution in [0.3, 0.4) is 0 Å². The quantitative estimate of drug-likeness (QED) is 0.368. The van der Waals surface area contributed by atoms with E-state index in [2.05, 4.69) is 10.1 Å². The van der Waals surface area contributed by atoms with Gasteiger partial charge in [0.25, 0.3) is 11.6 Å². The van der Waals surface area contributed by atoms with Crippen LogP contribution in [-0.4, -0.2) is 30.5 Å². The van der Waals surface area contributed by atoms with E-state index >= 15 is 0 Å². The number of hydrogen-bond acceptors (Lipinski definition) is 5. The first kappa shape index (κ1) is 15.5. The molecule has 8 heteroatoms. The number of halogens is 1. The third-order valence-corrected chi connectivity index (χ3v) is 2.47. The molecule has 1 aromatic rings. The number of hydrogen-bond donors (Lipinski definition) is 1. The minimum absolute atomic E-state index is 0.113. The predicted octanol–water partition coefficient (Wildman–Crippen LogP) is 1.42. The van der Waals surface area contributed by atoms with Crippen LogP contribution >= 0.6 is 0 Å². The highest BCUT2D eigenvalue weighted by Gasteiger charge is 2.20. The molecule has 0 spiro atoms. The molecule has 1 N–H and O–H groups in total. The van der Waals surface area contributed by atoms with E-state index in [4.69, 9.17) is 0 Å². The van der Waals surface area contributed by atoms with Crippen LogP contribution in [0.15, 0.2) is 18.2 Å². The number of amides is 1. The summed E-state index contributed by atoms with van der Waals surface area (Å²) in [6, 6.07) is 2.64. The summed E-state index contributed by atoms with van der Waals surface area (Å²) >= 11 is 0. The Balaban J connectivity index is 2.65. The van der Waals surface area contributed by atoms with Crippen molar-refractivity contribution in [1.82, 2.24) is 5.32 Å². The van der Waals surface area contributed by atoms with E-state index in [1.807, 2.05) is 0 Å². The number of ether oxygens (including phenoxy) is 1. The highest BCUT2D eigenvalue weighted by atomic mass is 19.1. The maximum atomic E-state index is 13.0. The normalized spacial score (nSPS) is 9.90. The van der Waals surface area contributed by atoms with Gasteiger partial charge < -0.3 is 10.1 Å². The molecule has 108 valence electrons. The Kier molecular flexibility index (Phi) is 5.57. The molecule has 1 rings (SSSR count). The second-order valence-corrected chi connectivity index (χ2v) is 3.85. The molecule has 0 unspecified atom stereocenters. The lowest BCUT2D eigenvalue weighted by Gasteiger charge is -2.05. The van der Waals surface area contributed by atoms with Gasteiger partial charge in [-0.05, 0) is 18.6 Å². The van der Waals surface area contributed by atoms with E-state index in [-0.39, 0.29) is 18.5 Å². The number of nitrogens with one attached hydrogen (secondary N) is 1. The number of rotatable bonds is 6. The number of methoxy groups -OCH3 is 1. The number of benzene rings is 1. The zero-order chi connectivity index (χ0) is 15.1. The summed E-state index contributed by atoms with van der Waals surface area (Å²) in [6.45, 7) is 0.127. The van der Waals surface area contributed by atoms with Crippen LogP contribution in [0, 0.1) is 15.9 Å². The first-order valence-electron chi connectivity index (χ1n) is 5.74. The van der Waals surface area contributed by atoms with Crippen molar-refractivity contribution in [3.8, 4) is 0 Å². The van der Waals surface area contributed by atoms with Crippen molar-refractivity contribution in [3.05, 3.63) is 39.7 Å². The maximum absolute atomic E-state index is 13.0. The second-order valence-electron chi connectivity index (χ2n) is 3.85. The lowest BCUT2D eigenvalue weighted by Crippen LogP contribution is -2.25. The number of carbonyl (C=O) groups is 2. The van der Waals surface area contributed by atoms with Gasteiger partial charge in [-0.2, -0.15) is 0 Å². The van der Waals surface area contributed by atoms with Gasteiger partial charge >= 0.3 is 5.97 Å². The number of nitrogens with zero attached hydrogens (tertiary/aromatic N) is 1. The fourth-order valence-corrected chi connectivity index (χ4v) is 1.48. The summed E-state index contributed by atoms with van der Waals surface area (Å²) < 4.78 is 17.5. The molecule has 0 atom stereocenters. The van der Waals surface area contributed by atoms with Crippen LogP contribution < -0.4 is 5.32 Å². The molecule has 0 aromatic heterocycles. The van der Waals surface area contributed by atoms with E-state index in [1.165, 1.54) is 7.11 Å². The van der Waals surface area contributed by atoms with E-state index in [0.717, 1.165) is 18.2 Å². The Hall–Kier alpha value is -2.51. The number of nitro benzene ring substituents is 1. The Morgan fingerprint density at radius 2 is 2.15 bits per heavy atom. The van der Waals surface area contributed by atoms with Gasteiger partial charge in [0.05, 0.1) is 12.0 Å². The Morgan fingerprint density at radius 1 is 1.45 bits per heavy atom. The summed E-state index contributed by atoms with van der Waals surface area (Å²) in [5, 5.41) is 13.1. The van der Waals surface area contributed by atoms with Gasteiger partial charge in [0.15, 0.2) is 0 Å². The minimum atomic E-state index is -0.763. The molecule has 0 bridgehead atoms. The van der Waals surface area contributed by atoms with Crippen molar-refractivity contribution in [2.75, 3.05) is 13.7 Å². The molecule has 0 saturated carbocycles. The number of esters is 1. The lowest BCUT2D eigenvalue weighted by molar-refractivity contribution is -0.385. The average molecular weight is 284 g/mol. The first-order valence-corrected chi connectivity index (χ1v) is 5.74. The number of carbonyl (C=O) groups excluding carboxylic acids is 2. The number of nitro groups is 1.